The zero-order valence-electron chi connectivity index (χ0n) is 11.0. The van der Waals surface area contributed by atoms with Gasteiger partial charge in [-0.2, -0.15) is 13.2 Å². The molecule has 0 saturated heterocycles. The summed E-state index contributed by atoms with van der Waals surface area (Å²) in [5, 5.41) is 11.7. The van der Waals surface area contributed by atoms with Crippen LogP contribution in [-0.2, 0) is 11.6 Å². The van der Waals surface area contributed by atoms with Crippen molar-refractivity contribution in [1.82, 2.24) is 10.2 Å². The fraction of sp³-hybridized carbons (Fsp3) is 0.385. The van der Waals surface area contributed by atoms with Crippen LogP contribution in [-0.4, -0.2) is 16.7 Å². The number of hydrogen-bond donors (Lipinski definition) is 1. The van der Waals surface area contributed by atoms with Gasteiger partial charge in [-0.25, -0.2) is 0 Å². The molecule has 0 aromatic carbocycles. The minimum absolute atomic E-state index is 0.126. The first-order valence-corrected chi connectivity index (χ1v) is 6.86. The number of hydrogen-bond acceptors (Lipinski definition) is 4. The molecule has 2 aromatic rings. The zero-order valence-corrected chi connectivity index (χ0v) is 11.8. The maximum atomic E-state index is 12.4. The van der Waals surface area contributed by atoms with E-state index in [2.05, 4.69) is 29.4 Å². The highest BCUT2D eigenvalue weighted by Crippen LogP contribution is 2.29. The number of rotatable bonds is 4. The molecular formula is C13H14F3N3S. The molecule has 20 heavy (non-hydrogen) atoms. The van der Waals surface area contributed by atoms with Crippen molar-refractivity contribution in [3.63, 3.8) is 0 Å². The smallest absolute Gasteiger partial charge is 0.368 e. The van der Waals surface area contributed by atoms with Gasteiger partial charge >= 0.3 is 6.18 Å². The number of nitrogens with zero attached hydrogens (tertiary/aromatic N) is 2. The van der Waals surface area contributed by atoms with Crippen LogP contribution in [0.1, 0.15) is 24.4 Å². The van der Waals surface area contributed by atoms with Gasteiger partial charge < -0.3 is 5.32 Å². The summed E-state index contributed by atoms with van der Waals surface area (Å²) in [7, 11) is 0. The highest BCUT2D eigenvalue weighted by molar-refractivity contribution is 7.10. The first kappa shape index (κ1) is 14.8. The highest BCUT2D eigenvalue weighted by atomic mass is 32.1. The van der Waals surface area contributed by atoms with Crippen LogP contribution < -0.4 is 5.32 Å². The topological polar surface area (TPSA) is 37.8 Å². The average molecular weight is 301 g/mol. The summed E-state index contributed by atoms with van der Waals surface area (Å²) in [6.45, 7) is 4.68. The van der Waals surface area contributed by atoms with E-state index in [0.717, 1.165) is 6.07 Å². The molecule has 0 atom stereocenters. The fourth-order valence-corrected chi connectivity index (χ4v) is 2.49. The van der Waals surface area contributed by atoms with E-state index in [1.165, 1.54) is 10.9 Å². The molecule has 2 heterocycles. The van der Waals surface area contributed by atoms with E-state index < -0.39 is 11.9 Å². The molecule has 0 aliphatic rings. The molecule has 0 fully saturated rings. The van der Waals surface area contributed by atoms with Gasteiger partial charge in [-0.15, -0.1) is 21.5 Å². The van der Waals surface area contributed by atoms with Crippen molar-refractivity contribution in [1.29, 1.82) is 0 Å². The Morgan fingerprint density at radius 1 is 1.15 bits per heavy atom. The first-order valence-electron chi connectivity index (χ1n) is 5.98. The molecule has 108 valence electrons. The second-order valence-corrected chi connectivity index (χ2v) is 5.96. The molecule has 0 amide bonds. The van der Waals surface area contributed by atoms with E-state index in [1.54, 1.807) is 11.3 Å². The second-order valence-electron chi connectivity index (χ2n) is 5.02. The Hall–Kier alpha value is -1.63. The Morgan fingerprint density at radius 3 is 2.40 bits per heavy atom. The van der Waals surface area contributed by atoms with E-state index in [-0.39, 0.29) is 5.41 Å². The number of thiophene rings is 1. The van der Waals surface area contributed by atoms with Crippen LogP contribution in [0.2, 0.25) is 0 Å². The predicted octanol–water partition coefficient (Wildman–Crippen LogP) is 3.95. The molecule has 0 aliphatic heterocycles. The summed E-state index contributed by atoms with van der Waals surface area (Å²) < 4.78 is 37.1. The number of anilines is 1. The van der Waals surface area contributed by atoms with Crippen molar-refractivity contribution >= 4 is 17.2 Å². The molecule has 0 unspecified atom stereocenters. The Morgan fingerprint density at radius 2 is 1.90 bits per heavy atom. The third-order valence-corrected chi connectivity index (χ3v) is 4.09. The third-order valence-electron chi connectivity index (χ3n) is 2.85. The van der Waals surface area contributed by atoms with Gasteiger partial charge in [-0.05, 0) is 23.6 Å². The predicted molar refractivity (Wildman–Crippen MR) is 72.9 cm³/mol. The number of nitrogens with one attached hydrogen (secondary N) is 1. The van der Waals surface area contributed by atoms with Crippen LogP contribution in [0.15, 0.2) is 29.6 Å². The van der Waals surface area contributed by atoms with Crippen LogP contribution >= 0.6 is 11.3 Å². The van der Waals surface area contributed by atoms with Crippen molar-refractivity contribution < 1.29 is 13.2 Å². The van der Waals surface area contributed by atoms with E-state index in [9.17, 15) is 13.2 Å². The molecular weight excluding hydrogens is 287 g/mol. The molecule has 2 rings (SSSR count). The Balaban J connectivity index is 2.01. The van der Waals surface area contributed by atoms with Gasteiger partial charge in [0.05, 0.1) is 0 Å². The first-order chi connectivity index (χ1) is 9.29. The van der Waals surface area contributed by atoms with Gasteiger partial charge in [-0.1, -0.05) is 19.9 Å². The molecule has 0 radical (unpaired) electrons. The third kappa shape index (κ3) is 3.47. The van der Waals surface area contributed by atoms with Gasteiger partial charge in [0.25, 0.3) is 0 Å². The molecule has 1 N–H and O–H groups in total. The maximum Gasteiger partial charge on any atom is 0.435 e. The maximum absolute atomic E-state index is 12.4. The summed E-state index contributed by atoms with van der Waals surface area (Å²) in [5.74, 6) is 0.336. The molecule has 0 bridgehead atoms. The molecule has 3 nitrogen and oxygen atoms in total. The molecule has 2 aromatic heterocycles. The minimum Gasteiger partial charge on any atom is -0.368 e. The van der Waals surface area contributed by atoms with Gasteiger partial charge in [0.15, 0.2) is 5.69 Å². The lowest BCUT2D eigenvalue weighted by Gasteiger charge is -2.23. The lowest BCUT2D eigenvalue weighted by Crippen LogP contribution is -2.27. The standard InChI is InChI=1S/C13H14F3N3S/c1-12(2,10-4-3-7-20-10)8-17-11-6-5-9(18-19-11)13(14,15)16/h3-7H,8H2,1-2H3,(H,17,19). The molecule has 0 aliphatic carbocycles. The monoisotopic (exact) mass is 301 g/mol. The van der Waals surface area contributed by atoms with Crippen molar-refractivity contribution in [3.05, 3.63) is 40.2 Å². The summed E-state index contributed by atoms with van der Waals surface area (Å²) in [5.41, 5.74) is -1.11. The van der Waals surface area contributed by atoms with E-state index in [4.69, 9.17) is 0 Å². The lowest BCUT2D eigenvalue weighted by molar-refractivity contribution is -0.141. The molecule has 7 heteroatoms. The Kier molecular flexibility index (Phi) is 3.99. The van der Waals surface area contributed by atoms with Crippen molar-refractivity contribution in [3.8, 4) is 0 Å². The van der Waals surface area contributed by atoms with Crippen molar-refractivity contribution in [2.75, 3.05) is 11.9 Å². The second kappa shape index (κ2) is 5.40. The highest BCUT2D eigenvalue weighted by Gasteiger charge is 2.33. The quantitative estimate of drug-likeness (QED) is 0.929. The van der Waals surface area contributed by atoms with Crippen LogP contribution in [0.3, 0.4) is 0 Å². The Labute approximate surface area is 118 Å². The van der Waals surface area contributed by atoms with Crippen LogP contribution in [0.5, 0.6) is 0 Å². The SMILES string of the molecule is CC(C)(CNc1ccc(C(F)(F)F)nn1)c1cccs1. The zero-order chi connectivity index (χ0) is 14.8. The average Bonchev–Trinajstić information content (AvgIpc) is 2.90. The summed E-state index contributed by atoms with van der Waals surface area (Å²) in [6, 6.07) is 6.22. The number of alkyl halides is 3. The number of aromatic nitrogens is 2. The molecule has 0 spiro atoms. The molecule has 0 saturated carbocycles. The summed E-state index contributed by atoms with van der Waals surface area (Å²) in [4.78, 5) is 1.20. The van der Waals surface area contributed by atoms with E-state index >= 15 is 0 Å². The van der Waals surface area contributed by atoms with Gasteiger partial charge in [0.2, 0.25) is 0 Å². The summed E-state index contributed by atoms with van der Waals surface area (Å²) in [6.07, 6.45) is -4.46. The van der Waals surface area contributed by atoms with Crippen molar-refractivity contribution in [2.45, 2.75) is 25.4 Å². The minimum atomic E-state index is -4.46. The van der Waals surface area contributed by atoms with E-state index in [0.29, 0.717) is 12.4 Å². The van der Waals surface area contributed by atoms with Crippen LogP contribution in [0.4, 0.5) is 19.0 Å². The van der Waals surface area contributed by atoms with Gasteiger partial charge in [0, 0.05) is 16.8 Å². The normalized spacial score (nSPS) is 12.4. The van der Waals surface area contributed by atoms with Crippen LogP contribution in [0.25, 0.3) is 0 Å². The number of halogens is 3. The fourth-order valence-electron chi connectivity index (χ4n) is 1.64. The Bertz CT molecular complexity index is 547. The van der Waals surface area contributed by atoms with Gasteiger partial charge in [0.1, 0.15) is 5.82 Å². The largest absolute Gasteiger partial charge is 0.435 e. The van der Waals surface area contributed by atoms with Gasteiger partial charge in [-0.3, -0.25) is 0 Å². The van der Waals surface area contributed by atoms with Crippen LogP contribution in [0, 0.1) is 0 Å². The summed E-state index contributed by atoms with van der Waals surface area (Å²) >= 11 is 1.65. The van der Waals surface area contributed by atoms with E-state index in [1.807, 2.05) is 17.5 Å². The van der Waals surface area contributed by atoms with Crippen molar-refractivity contribution in [2.24, 2.45) is 0 Å². The lowest BCUT2D eigenvalue weighted by atomic mass is 9.91.